The van der Waals surface area contributed by atoms with Gasteiger partial charge < -0.3 is 15.0 Å². The number of hydrogen-bond donors (Lipinski definition) is 1. The van der Waals surface area contributed by atoms with Crippen molar-refractivity contribution in [2.75, 3.05) is 19.7 Å². The largest absolute Gasteiger partial charge is 0.378 e. The summed E-state index contributed by atoms with van der Waals surface area (Å²) < 4.78 is 5.81. The maximum atomic E-state index is 5.81. The molecule has 2 aliphatic rings. The van der Waals surface area contributed by atoms with E-state index in [1.807, 2.05) is 0 Å². The van der Waals surface area contributed by atoms with Crippen LogP contribution in [0.4, 0.5) is 0 Å². The van der Waals surface area contributed by atoms with Crippen molar-refractivity contribution in [3.63, 3.8) is 0 Å². The summed E-state index contributed by atoms with van der Waals surface area (Å²) in [4.78, 5) is 2.59. The Bertz CT molecular complexity index is 282. The lowest BCUT2D eigenvalue weighted by Gasteiger charge is -2.53. The fraction of sp³-hybridized carbons (Fsp3) is 1.00. The van der Waals surface area contributed by atoms with Crippen molar-refractivity contribution in [2.45, 2.75) is 78.1 Å². The zero-order valence-corrected chi connectivity index (χ0v) is 13.4. The molecule has 0 spiro atoms. The number of ether oxygens (including phenoxy) is 1. The van der Waals surface area contributed by atoms with Crippen molar-refractivity contribution >= 4 is 0 Å². The molecule has 0 aromatic carbocycles. The normalized spacial score (nSPS) is 32.5. The first-order valence-corrected chi connectivity index (χ1v) is 8.06. The molecule has 2 rings (SSSR count). The molecule has 1 saturated carbocycles. The Morgan fingerprint density at radius 2 is 1.89 bits per heavy atom. The first-order chi connectivity index (χ1) is 8.95. The molecule has 2 fully saturated rings. The van der Waals surface area contributed by atoms with Crippen molar-refractivity contribution in [1.82, 2.24) is 10.2 Å². The van der Waals surface area contributed by atoms with Crippen molar-refractivity contribution in [3.05, 3.63) is 0 Å². The minimum Gasteiger partial charge on any atom is -0.378 e. The Kier molecular flexibility index (Phi) is 4.91. The van der Waals surface area contributed by atoms with E-state index in [9.17, 15) is 0 Å². The standard InChI is InChI=1S/C16H32N2O/c1-6-19-15-11-14(16(15,4)5)17-13-7-9-18(10-8-13)12(2)3/h12-15,17H,6-11H2,1-5H3. The summed E-state index contributed by atoms with van der Waals surface area (Å²) in [5, 5.41) is 3.89. The van der Waals surface area contributed by atoms with E-state index in [0.717, 1.165) is 6.61 Å². The Morgan fingerprint density at radius 1 is 1.26 bits per heavy atom. The molecule has 2 atom stereocenters. The van der Waals surface area contributed by atoms with Gasteiger partial charge in [0.25, 0.3) is 0 Å². The van der Waals surface area contributed by atoms with Gasteiger partial charge in [0.05, 0.1) is 6.10 Å². The average molecular weight is 268 g/mol. The van der Waals surface area contributed by atoms with E-state index in [1.165, 1.54) is 32.4 Å². The lowest BCUT2D eigenvalue weighted by atomic mass is 9.64. The van der Waals surface area contributed by atoms with E-state index in [2.05, 4.69) is 44.8 Å². The molecule has 2 unspecified atom stereocenters. The van der Waals surface area contributed by atoms with Crippen molar-refractivity contribution in [3.8, 4) is 0 Å². The predicted molar refractivity (Wildman–Crippen MR) is 80.5 cm³/mol. The molecule has 112 valence electrons. The van der Waals surface area contributed by atoms with Crippen LogP contribution in [0.3, 0.4) is 0 Å². The smallest absolute Gasteiger partial charge is 0.0655 e. The van der Waals surface area contributed by atoms with Gasteiger partial charge in [-0.25, -0.2) is 0 Å². The third-order valence-corrected chi connectivity index (χ3v) is 5.24. The van der Waals surface area contributed by atoms with Gasteiger partial charge in [-0.05, 0) is 53.1 Å². The van der Waals surface area contributed by atoms with Crippen LogP contribution in [0.2, 0.25) is 0 Å². The quantitative estimate of drug-likeness (QED) is 0.829. The van der Waals surface area contributed by atoms with Crippen molar-refractivity contribution in [2.24, 2.45) is 5.41 Å². The predicted octanol–water partition coefficient (Wildman–Crippen LogP) is 2.65. The molecule has 1 aliphatic heterocycles. The van der Waals surface area contributed by atoms with E-state index in [-0.39, 0.29) is 0 Å². The molecule has 0 radical (unpaired) electrons. The fourth-order valence-electron chi connectivity index (χ4n) is 3.52. The molecule has 0 amide bonds. The highest BCUT2D eigenvalue weighted by molar-refractivity contribution is 5.04. The van der Waals surface area contributed by atoms with Gasteiger partial charge in [-0.2, -0.15) is 0 Å². The summed E-state index contributed by atoms with van der Waals surface area (Å²) in [6.45, 7) is 14.7. The van der Waals surface area contributed by atoms with Gasteiger partial charge in [0, 0.05) is 30.1 Å². The summed E-state index contributed by atoms with van der Waals surface area (Å²) in [6, 6.07) is 2.05. The topological polar surface area (TPSA) is 24.5 Å². The Balaban J connectivity index is 1.75. The minimum absolute atomic E-state index is 0.297. The van der Waals surface area contributed by atoms with Crippen LogP contribution in [0.1, 0.15) is 53.9 Å². The van der Waals surface area contributed by atoms with Crippen LogP contribution in [0, 0.1) is 5.41 Å². The van der Waals surface area contributed by atoms with Gasteiger partial charge in [-0.3, -0.25) is 0 Å². The van der Waals surface area contributed by atoms with Crippen LogP contribution in [0.15, 0.2) is 0 Å². The average Bonchev–Trinajstić information content (AvgIpc) is 2.38. The van der Waals surface area contributed by atoms with Gasteiger partial charge in [-0.15, -0.1) is 0 Å². The second-order valence-electron chi connectivity index (χ2n) is 7.12. The highest BCUT2D eigenvalue weighted by Crippen LogP contribution is 2.43. The second kappa shape index (κ2) is 6.11. The van der Waals surface area contributed by atoms with Crippen LogP contribution in [0.25, 0.3) is 0 Å². The summed E-state index contributed by atoms with van der Waals surface area (Å²) in [7, 11) is 0. The summed E-state index contributed by atoms with van der Waals surface area (Å²) >= 11 is 0. The SMILES string of the molecule is CCOC1CC(NC2CCN(C(C)C)CC2)C1(C)C. The molecule has 1 aliphatic carbocycles. The Morgan fingerprint density at radius 3 is 2.37 bits per heavy atom. The summed E-state index contributed by atoms with van der Waals surface area (Å²) in [6.07, 6.45) is 4.23. The second-order valence-corrected chi connectivity index (χ2v) is 7.12. The van der Waals surface area contributed by atoms with E-state index in [0.29, 0.717) is 29.6 Å². The van der Waals surface area contributed by atoms with Crippen molar-refractivity contribution in [1.29, 1.82) is 0 Å². The lowest BCUT2D eigenvalue weighted by molar-refractivity contribution is -0.117. The van der Waals surface area contributed by atoms with Crippen LogP contribution in [0.5, 0.6) is 0 Å². The minimum atomic E-state index is 0.297. The van der Waals surface area contributed by atoms with Gasteiger partial charge in [0.15, 0.2) is 0 Å². The zero-order valence-electron chi connectivity index (χ0n) is 13.4. The highest BCUT2D eigenvalue weighted by Gasteiger charge is 2.49. The molecule has 3 heteroatoms. The first kappa shape index (κ1) is 15.3. The lowest BCUT2D eigenvalue weighted by Crippen LogP contribution is -2.63. The number of piperidine rings is 1. The van der Waals surface area contributed by atoms with Crippen LogP contribution in [-0.2, 0) is 4.74 Å². The number of nitrogens with one attached hydrogen (secondary N) is 1. The molecule has 0 aromatic heterocycles. The van der Waals surface area contributed by atoms with E-state index >= 15 is 0 Å². The number of hydrogen-bond acceptors (Lipinski definition) is 3. The number of likely N-dealkylation sites (tertiary alicyclic amines) is 1. The van der Waals surface area contributed by atoms with Crippen LogP contribution < -0.4 is 5.32 Å². The van der Waals surface area contributed by atoms with Gasteiger partial charge in [0.2, 0.25) is 0 Å². The van der Waals surface area contributed by atoms with Crippen molar-refractivity contribution < 1.29 is 4.74 Å². The maximum absolute atomic E-state index is 5.81. The summed E-state index contributed by atoms with van der Waals surface area (Å²) in [5.74, 6) is 0. The Labute approximate surface area is 119 Å². The van der Waals surface area contributed by atoms with E-state index in [1.54, 1.807) is 0 Å². The van der Waals surface area contributed by atoms with Gasteiger partial charge >= 0.3 is 0 Å². The molecule has 3 nitrogen and oxygen atoms in total. The monoisotopic (exact) mass is 268 g/mol. The zero-order chi connectivity index (χ0) is 14.0. The molecule has 0 aromatic rings. The van der Waals surface area contributed by atoms with Crippen LogP contribution in [-0.4, -0.2) is 48.8 Å². The van der Waals surface area contributed by atoms with Crippen LogP contribution >= 0.6 is 0 Å². The van der Waals surface area contributed by atoms with Gasteiger partial charge in [0.1, 0.15) is 0 Å². The molecule has 1 saturated heterocycles. The third kappa shape index (κ3) is 3.32. The Hall–Kier alpha value is -0.120. The third-order valence-electron chi connectivity index (χ3n) is 5.24. The van der Waals surface area contributed by atoms with E-state index < -0.39 is 0 Å². The molecular weight excluding hydrogens is 236 g/mol. The molecule has 1 N–H and O–H groups in total. The highest BCUT2D eigenvalue weighted by atomic mass is 16.5. The molecule has 19 heavy (non-hydrogen) atoms. The maximum Gasteiger partial charge on any atom is 0.0655 e. The fourth-order valence-corrected chi connectivity index (χ4v) is 3.52. The molecule has 1 heterocycles. The number of rotatable bonds is 5. The van der Waals surface area contributed by atoms with Gasteiger partial charge in [-0.1, -0.05) is 13.8 Å². The first-order valence-electron chi connectivity index (χ1n) is 8.06. The van der Waals surface area contributed by atoms with E-state index in [4.69, 9.17) is 4.74 Å². The molecular formula is C16H32N2O. The molecule has 0 bridgehead atoms. The number of nitrogens with zero attached hydrogens (tertiary/aromatic N) is 1. The summed E-state index contributed by atoms with van der Waals surface area (Å²) in [5.41, 5.74) is 0.297.